The molecule has 0 aliphatic heterocycles. The number of para-hydroxylation sites is 2. The Morgan fingerprint density at radius 3 is 2.46 bits per heavy atom. The van der Waals surface area contributed by atoms with Crippen LogP contribution < -0.4 is 9.47 Å². The Labute approximate surface area is 152 Å². The Morgan fingerprint density at radius 1 is 1.08 bits per heavy atom. The second-order valence-corrected chi connectivity index (χ2v) is 6.06. The number of aromatic nitrogens is 2. The first kappa shape index (κ1) is 17.8. The first-order chi connectivity index (χ1) is 12.7. The van der Waals surface area contributed by atoms with Crippen LogP contribution in [0.2, 0.25) is 0 Å². The van der Waals surface area contributed by atoms with E-state index in [4.69, 9.17) is 9.47 Å². The van der Waals surface area contributed by atoms with Gasteiger partial charge in [0.15, 0.2) is 6.61 Å². The normalized spacial score (nSPS) is 10.7. The first-order valence-corrected chi connectivity index (χ1v) is 8.69. The number of H-pyrrole nitrogens is 1. The summed E-state index contributed by atoms with van der Waals surface area (Å²) in [5, 5.41) is 0. The van der Waals surface area contributed by atoms with E-state index < -0.39 is 0 Å². The summed E-state index contributed by atoms with van der Waals surface area (Å²) < 4.78 is 11.1. The summed E-state index contributed by atoms with van der Waals surface area (Å²) in [6.45, 7) is 3.13. The van der Waals surface area contributed by atoms with Gasteiger partial charge in [-0.2, -0.15) is 0 Å². The third kappa shape index (κ3) is 4.53. The van der Waals surface area contributed by atoms with Gasteiger partial charge in [-0.25, -0.2) is 4.98 Å². The summed E-state index contributed by atoms with van der Waals surface area (Å²) in [6.07, 6.45) is 0.963. The van der Waals surface area contributed by atoms with E-state index in [1.807, 2.05) is 36.4 Å². The van der Waals surface area contributed by atoms with Crippen molar-refractivity contribution in [2.75, 3.05) is 20.3 Å². The summed E-state index contributed by atoms with van der Waals surface area (Å²) in [5.74, 6) is 2.07. The van der Waals surface area contributed by atoms with E-state index in [0.29, 0.717) is 18.9 Å². The number of rotatable bonds is 8. The Morgan fingerprint density at radius 2 is 1.77 bits per heavy atom. The fourth-order valence-electron chi connectivity index (χ4n) is 2.50. The van der Waals surface area contributed by atoms with Crippen molar-refractivity contribution in [3.63, 3.8) is 0 Å². The molecule has 2 aromatic carbocycles. The predicted octanol–water partition coefficient (Wildman–Crippen LogP) is 3.39. The minimum atomic E-state index is -0.114. The van der Waals surface area contributed by atoms with Crippen LogP contribution in [0.4, 0.5) is 0 Å². The zero-order valence-electron chi connectivity index (χ0n) is 15.1. The van der Waals surface area contributed by atoms with Gasteiger partial charge in [-0.05, 0) is 42.8 Å². The quantitative estimate of drug-likeness (QED) is 0.674. The maximum absolute atomic E-state index is 12.3. The smallest absolute Gasteiger partial charge is 0.260 e. The molecule has 1 heterocycles. The molecule has 0 radical (unpaired) electrons. The number of imidazole rings is 1. The number of benzene rings is 2. The molecular weight excluding hydrogens is 330 g/mol. The molecule has 1 N–H and O–H groups in total. The molecule has 0 aliphatic carbocycles. The van der Waals surface area contributed by atoms with Gasteiger partial charge < -0.3 is 19.4 Å². The molecule has 0 atom stereocenters. The van der Waals surface area contributed by atoms with Gasteiger partial charge in [-0.1, -0.05) is 19.1 Å². The average Bonchev–Trinajstić information content (AvgIpc) is 3.07. The first-order valence-electron chi connectivity index (χ1n) is 8.69. The molecule has 1 amide bonds. The summed E-state index contributed by atoms with van der Waals surface area (Å²) in [4.78, 5) is 21.6. The van der Waals surface area contributed by atoms with Crippen LogP contribution in [0, 0.1) is 0 Å². The van der Waals surface area contributed by atoms with Gasteiger partial charge in [0.2, 0.25) is 0 Å². The number of fused-ring (bicyclic) bond motifs is 1. The molecule has 0 saturated carbocycles. The van der Waals surface area contributed by atoms with E-state index in [1.165, 1.54) is 0 Å². The molecule has 3 rings (SSSR count). The van der Waals surface area contributed by atoms with E-state index in [1.54, 1.807) is 24.1 Å². The van der Waals surface area contributed by atoms with Gasteiger partial charge in [0.05, 0.1) is 24.2 Å². The van der Waals surface area contributed by atoms with Gasteiger partial charge in [0.25, 0.3) is 5.91 Å². The number of likely N-dealkylation sites (N-methyl/N-ethyl adjacent to an activating group) is 1. The topological polar surface area (TPSA) is 67.5 Å². The number of hydrogen-bond acceptors (Lipinski definition) is 4. The number of aromatic amines is 1. The van der Waals surface area contributed by atoms with Crippen LogP contribution in [0.3, 0.4) is 0 Å². The summed E-state index contributed by atoms with van der Waals surface area (Å²) in [5.41, 5.74) is 1.86. The van der Waals surface area contributed by atoms with E-state index in [-0.39, 0.29) is 12.5 Å². The predicted molar refractivity (Wildman–Crippen MR) is 100 cm³/mol. The van der Waals surface area contributed by atoms with Crippen LogP contribution in [0.25, 0.3) is 11.0 Å². The molecule has 0 bridgehead atoms. The van der Waals surface area contributed by atoms with Crippen LogP contribution in [0.1, 0.15) is 19.2 Å². The lowest BCUT2D eigenvalue weighted by molar-refractivity contribution is -0.132. The Kier molecular flexibility index (Phi) is 5.73. The van der Waals surface area contributed by atoms with Crippen molar-refractivity contribution >= 4 is 16.9 Å². The van der Waals surface area contributed by atoms with Crippen molar-refractivity contribution in [1.29, 1.82) is 0 Å². The molecule has 26 heavy (non-hydrogen) atoms. The zero-order valence-corrected chi connectivity index (χ0v) is 15.1. The van der Waals surface area contributed by atoms with Crippen molar-refractivity contribution in [2.45, 2.75) is 19.9 Å². The minimum absolute atomic E-state index is 0.0219. The highest BCUT2D eigenvalue weighted by atomic mass is 16.5. The lowest BCUT2D eigenvalue weighted by Crippen LogP contribution is -2.31. The van der Waals surface area contributed by atoms with E-state index in [9.17, 15) is 4.79 Å². The van der Waals surface area contributed by atoms with Crippen LogP contribution in [0.5, 0.6) is 11.5 Å². The van der Waals surface area contributed by atoms with Crippen molar-refractivity contribution in [3.05, 3.63) is 54.4 Å². The van der Waals surface area contributed by atoms with Crippen molar-refractivity contribution in [3.8, 4) is 11.5 Å². The van der Waals surface area contributed by atoms with Crippen LogP contribution in [-0.2, 0) is 11.3 Å². The second-order valence-electron chi connectivity index (χ2n) is 6.06. The van der Waals surface area contributed by atoms with Crippen LogP contribution in [-0.4, -0.2) is 41.0 Å². The molecule has 0 aliphatic rings. The number of ether oxygens (including phenoxy) is 2. The summed E-state index contributed by atoms with van der Waals surface area (Å²) >= 11 is 0. The molecular formula is C20H23N3O3. The zero-order chi connectivity index (χ0) is 18.4. The van der Waals surface area contributed by atoms with E-state index in [0.717, 1.165) is 29.0 Å². The van der Waals surface area contributed by atoms with Crippen molar-refractivity contribution in [1.82, 2.24) is 14.9 Å². The molecule has 1 aromatic heterocycles. The minimum Gasteiger partial charge on any atom is -0.494 e. The maximum Gasteiger partial charge on any atom is 0.260 e. The summed E-state index contributed by atoms with van der Waals surface area (Å²) in [7, 11) is 1.74. The van der Waals surface area contributed by atoms with Gasteiger partial charge in [0.1, 0.15) is 17.3 Å². The Bertz CT molecular complexity index is 825. The lowest BCUT2D eigenvalue weighted by atomic mass is 10.3. The van der Waals surface area contributed by atoms with Crippen LogP contribution >= 0.6 is 0 Å². The van der Waals surface area contributed by atoms with E-state index >= 15 is 0 Å². The number of nitrogens with zero attached hydrogens (tertiary/aromatic N) is 2. The largest absolute Gasteiger partial charge is 0.494 e. The second kappa shape index (κ2) is 8.38. The maximum atomic E-state index is 12.3. The Balaban J connectivity index is 1.50. The highest BCUT2D eigenvalue weighted by molar-refractivity contribution is 5.78. The molecule has 136 valence electrons. The third-order valence-electron chi connectivity index (χ3n) is 3.91. The molecule has 6 nitrogen and oxygen atoms in total. The molecule has 0 spiro atoms. The van der Waals surface area contributed by atoms with Gasteiger partial charge >= 0.3 is 0 Å². The molecule has 0 saturated heterocycles. The van der Waals surface area contributed by atoms with Crippen LogP contribution in [0.15, 0.2) is 48.5 Å². The van der Waals surface area contributed by atoms with Crippen molar-refractivity contribution < 1.29 is 14.3 Å². The molecule has 0 unspecified atom stereocenters. The van der Waals surface area contributed by atoms with E-state index in [2.05, 4.69) is 16.9 Å². The molecule has 0 fully saturated rings. The molecule has 6 heteroatoms. The lowest BCUT2D eigenvalue weighted by Gasteiger charge is -2.16. The molecule has 3 aromatic rings. The monoisotopic (exact) mass is 353 g/mol. The average molecular weight is 353 g/mol. The fraction of sp³-hybridized carbons (Fsp3) is 0.300. The van der Waals surface area contributed by atoms with Gasteiger partial charge in [-0.15, -0.1) is 0 Å². The highest BCUT2D eigenvalue weighted by Crippen LogP contribution is 2.18. The highest BCUT2D eigenvalue weighted by Gasteiger charge is 2.12. The number of hydrogen-bond donors (Lipinski definition) is 1. The number of amides is 1. The number of nitrogens with one attached hydrogen (secondary N) is 1. The third-order valence-corrected chi connectivity index (χ3v) is 3.91. The van der Waals surface area contributed by atoms with Crippen molar-refractivity contribution in [2.24, 2.45) is 0 Å². The number of carbonyl (C=O) groups is 1. The Hall–Kier alpha value is -3.02. The fourth-order valence-corrected chi connectivity index (χ4v) is 2.50. The number of carbonyl (C=O) groups excluding carboxylic acids is 1. The standard InChI is InChI=1S/C20H23N3O3/c1-3-12-25-15-8-10-16(11-9-15)26-14-20(24)23(2)13-19-21-17-6-4-5-7-18(17)22-19/h4-11H,3,12-14H2,1-2H3,(H,21,22). The van der Waals surface area contributed by atoms with Gasteiger partial charge in [0, 0.05) is 7.05 Å². The van der Waals surface area contributed by atoms with Gasteiger partial charge in [-0.3, -0.25) is 4.79 Å². The SMILES string of the molecule is CCCOc1ccc(OCC(=O)N(C)Cc2nc3ccccc3[nH]2)cc1. The summed E-state index contributed by atoms with van der Waals surface area (Å²) in [6, 6.07) is 15.1.